The maximum atomic E-state index is 11.8. The summed E-state index contributed by atoms with van der Waals surface area (Å²) in [4.78, 5) is 11.3. The van der Waals surface area contributed by atoms with Gasteiger partial charge in [0.25, 0.3) is 6.43 Å². The summed E-state index contributed by atoms with van der Waals surface area (Å²) >= 11 is 0. The minimum Gasteiger partial charge on any atom is -0.350 e. The van der Waals surface area contributed by atoms with E-state index in [2.05, 4.69) is 5.32 Å². The van der Waals surface area contributed by atoms with E-state index < -0.39 is 13.0 Å². The van der Waals surface area contributed by atoms with E-state index in [1.54, 1.807) is 5.01 Å². The van der Waals surface area contributed by atoms with Gasteiger partial charge in [-0.25, -0.2) is 13.8 Å². The van der Waals surface area contributed by atoms with Crippen molar-refractivity contribution in [2.24, 2.45) is 11.8 Å². The van der Waals surface area contributed by atoms with Crippen LogP contribution in [0.3, 0.4) is 0 Å². The Labute approximate surface area is 93.6 Å². The molecule has 1 saturated heterocycles. The summed E-state index contributed by atoms with van der Waals surface area (Å²) in [7, 11) is 0. The van der Waals surface area contributed by atoms with Crippen molar-refractivity contribution in [3.63, 3.8) is 0 Å². The first-order valence-corrected chi connectivity index (χ1v) is 4.65. The molecule has 1 heterocycles. The molecule has 1 aliphatic heterocycles. The molecule has 1 unspecified atom stereocenters. The van der Waals surface area contributed by atoms with Gasteiger partial charge in [-0.3, -0.25) is 10.6 Å². The maximum Gasteiger partial charge on any atom is 0.255 e. The van der Waals surface area contributed by atoms with E-state index in [4.69, 9.17) is 5.84 Å². The highest BCUT2D eigenvalue weighted by molar-refractivity contribution is 5.85. The minimum atomic E-state index is -2.49. The second kappa shape index (κ2) is 6.92. The van der Waals surface area contributed by atoms with Crippen LogP contribution >= 0.6 is 12.4 Å². The first kappa shape index (κ1) is 14.5. The zero-order valence-corrected chi connectivity index (χ0v) is 9.10. The van der Waals surface area contributed by atoms with Crippen LogP contribution in [0.2, 0.25) is 0 Å². The number of nitrogens with zero attached hydrogens (tertiary/aromatic N) is 1. The fourth-order valence-corrected chi connectivity index (χ4v) is 1.54. The monoisotopic (exact) mass is 243 g/mol. The van der Waals surface area contributed by atoms with Crippen LogP contribution in [0.1, 0.15) is 12.8 Å². The Morgan fingerprint density at radius 3 is 2.80 bits per heavy atom. The lowest BCUT2D eigenvalue weighted by Crippen LogP contribution is -2.46. The number of nitrogens with one attached hydrogen (secondary N) is 1. The van der Waals surface area contributed by atoms with Gasteiger partial charge in [0.05, 0.1) is 12.5 Å². The minimum absolute atomic E-state index is 0. The molecule has 0 aromatic rings. The predicted molar refractivity (Wildman–Crippen MR) is 54.7 cm³/mol. The van der Waals surface area contributed by atoms with Gasteiger partial charge in [0.15, 0.2) is 0 Å². The number of nitrogens with two attached hydrogens (primary N) is 1. The summed E-state index contributed by atoms with van der Waals surface area (Å²) in [6, 6.07) is 0. The van der Waals surface area contributed by atoms with Crippen molar-refractivity contribution in [3.05, 3.63) is 0 Å². The molecule has 0 saturated carbocycles. The molecule has 0 aliphatic carbocycles. The fraction of sp³-hybridized carbons (Fsp3) is 0.875. The van der Waals surface area contributed by atoms with Crippen molar-refractivity contribution in [2.45, 2.75) is 19.3 Å². The van der Waals surface area contributed by atoms with Gasteiger partial charge in [0, 0.05) is 13.1 Å². The number of hydrazine groups is 1. The molecule has 7 heteroatoms. The van der Waals surface area contributed by atoms with E-state index >= 15 is 0 Å². The average molecular weight is 244 g/mol. The number of hydrogen-bond acceptors (Lipinski definition) is 3. The molecule has 1 amide bonds. The Morgan fingerprint density at radius 2 is 2.27 bits per heavy atom. The van der Waals surface area contributed by atoms with Crippen LogP contribution in [0, 0.1) is 5.92 Å². The molecular weight excluding hydrogens is 228 g/mol. The molecule has 0 radical (unpaired) electrons. The molecule has 15 heavy (non-hydrogen) atoms. The van der Waals surface area contributed by atoms with E-state index in [9.17, 15) is 13.6 Å². The van der Waals surface area contributed by atoms with Crippen LogP contribution in [-0.2, 0) is 4.79 Å². The van der Waals surface area contributed by atoms with Crippen LogP contribution in [0.5, 0.6) is 0 Å². The van der Waals surface area contributed by atoms with Crippen LogP contribution in [0.4, 0.5) is 8.78 Å². The SMILES string of the molecule is Cl.NN1CCCC(C(=O)NCC(F)F)C1. The second-order valence-corrected chi connectivity index (χ2v) is 3.47. The average Bonchev–Trinajstić information content (AvgIpc) is 2.14. The Bertz CT molecular complexity index is 206. The summed E-state index contributed by atoms with van der Waals surface area (Å²) in [5.74, 6) is 4.96. The number of carbonyl (C=O) groups excluding carboxylic acids is 1. The number of rotatable bonds is 3. The van der Waals surface area contributed by atoms with Crippen molar-refractivity contribution in [1.29, 1.82) is 0 Å². The molecule has 0 aromatic heterocycles. The summed E-state index contributed by atoms with van der Waals surface area (Å²) in [6.45, 7) is 0.646. The molecule has 3 N–H and O–H groups in total. The lowest BCUT2D eigenvalue weighted by atomic mass is 9.98. The first-order valence-electron chi connectivity index (χ1n) is 4.65. The van der Waals surface area contributed by atoms with Gasteiger partial charge in [0.1, 0.15) is 0 Å². The quantitative estimate of drug-likeness (QED) is 0.705. The Kier molecular flexibility index (Phi) is 6.71. The molecule has 0 aromatic carbocycles. The number of piperidine rings is 1. The van der Waals surface area contributed by atoms with E-state index in [1.807, 2.05) is 0 Å². The van der Waals surface area contributed by atoms with Crippen molar-refractivity contribution in [2.75, 3.05) is 19.6 Å². The molecule has 1 rings (SSSR count). The molecule has 0 bridgehead atoms. The highest BCUT2D eigenvalue weighted by Crippen LogP contribution is 2.13. The summed E-state index contributed by atoms with van der Waals surface area (Å²) in [5.41, 5.74) is 0. The topological polar surface area (TPSA) is 58.4 Å². The van der Waals surface area contributed by atoms with Crippen molar-refractivity contribution in [3.8, 4) is 0 Å². The van der Waals surface area contributed by atoms with Gasteiger partial charge in [-0.1, -0.05) is 0 Å². The molecule has 1 atom stereocenters. The molecule has 1 fully saturated rings. The third-order valence-corrected chi connectivity index (χ3v) is 2.25. The number of amides is 1. The lowest BCUT2D eigenvalue weighted by Gasteiger charge is -2.28. The zero-order valence-electron chi connectivity index (χ0n) is 8.29. The fourth-order valence-electron chi connectivity index (χ4n) is 1.54. The molecular formula is C8H16ClF2N3O. The van der Waals surface area contributed by atoms with E-state index in [1.165, 1.54) is 0 Å². The predicted octanol–water partition coefficient (Wildman–Crippen LogP) is 0.375. The van der Waals surface area contributed by atoms with Crippen molar-refractivity contribution in [1.82, 2.24) is 10.3 Å². The number of hydrogen-bond donors (Lipinski definition) is 2. The third-order valence-electron chi connectivity index (χ3n) is 2.25. The van der Waals surface area contributed by atoms with Gasteiger partial charge < -0.3 is 5.32 Å². The number of carbonyl (C=O) groups is 1. The first-order chi connectivity index (χ1) is 6.59. The summed E-state index contributed by atoms with van der Waals surface area (Å²) in [6.07, 6.45) is -0.928. The van der Waals surface area contributed by atoms with Crippen molar-refractivity contribution < 1.29 is 13.6 Å². The smallest absolute Gasteiger partial charge is 0.255 e. The van der Waals surface area contributed by atoms with E-state index in [0.717, 1.165) is 19.4 Å². The van der Waals surface area contributed by atoms with Crippen LogP contribution < -0.4 is 11.2 Å². The number of alkyl halides is 2. The Morgan fingerprint density at radius 1 is 1.60 bits per heavy atom. The summed E-state index contributed by atoms with van der Waals surface area (Å²) in [5, 5.41) is 3.75. The van der Waals surface area contributed by atoms with Gasteiger partial charge in [-0.2, -0.15) is 0 Å². The van der Waals surface area contributed by atoms with E-state index in [0.29, 0.717) is 6.54 Å². The molecule has 4 nitrogen and oxygen atoms in total. The van der Waals surface area contributed by atoms with Crippen molar-refractivity contribution >= 4 is 18.3 Å². The Hall–Kier alpha value is -0.460. The second-order valence-electron chi connectivity index (χ2n) is 3.47. The Balaban J connectivity index is 0.00000196. The highest BCUT2D eigenvalue weighted by Gasteiger charge is 2.24. The standard InChI is InChI=1S/C8H15F2N3O.ClH/c9-7(10)4-12-8(14)6-2-1-3-13(11)5-6;/h6-7H,1-5,11H2,(H,12,14);1H. The van der Waals surface area contributed by atoms with Gasteiger partial charge in [0.2, 0.25) is 5.91 Å². The number of halogens is 3. The van der Waals surface area contributed by atoms with Gasteiger partial charge in [-0.05, 0) is 12.8 Å². The van der Waals surface area contributed by atoms with Gasteiger partial charge >= 0.3 is 0 Å². The highest BCUT2D eigenvalue weighted by atomic mass is 35.5. The van der Waals surface area contributed by atoms with Crippen LogP contribution in [0.15, 0.2) is 0 Å². The van der Waals surface area contributed by atoms with Gasteiger partial charge in [-0.15, -0.1) is 12.4 Å². The largest absolute Gasteiger partial charge is 0.350 e. The van der Waals surface area contributed by atoms with Crippen LogP contribution in [0.25, 0.3) is 0 Å². The van der Waals surface area contributed by atoms with Crippen LogP contribution in [-0.4, -0.2) is 37.0 Å². The lowest BCUT2D eigenvalue weighted by molar-refractivity contribution is -0.127. The molecule has 90 valence electrons. The maximum absolute atomic E-state index is 11.8. The zero-order chi connectivity index (χ0) is 10.6. The summed E-state index contributed by atoms with van der Waals surface area (Å²) < 4.78 is 23.6. The molecule has 1 aliphatic rings. The normalized spacial score (nSPS) is 22.3. The van der Waals surface area contributed by atoms with E-state index in [-0.39, 0.29) is 24.2 Å². The third kappa shape index (κ3) is 5.25. The molecule has 0 spiro atoms.